The number of rotatable bonds is 3. The first kappa shape index (κ1) is 15.9. The molecule has 120 valence electrons. The summed E-state index contributed by atoms with van der Waals surface area (Å²) in [6.07, 6.45) is 3.90. The number of pyridine rings is 1. The number of thioether (sulfide) groups is 1. The number of amides is 1. The van der Waals surface area contributed by atoms with Crippen LogP contribution in [0.2, 0.25) is 0 Å². The van der Waals surface area contributed by atoms with Crippen molar-refractivity contribution in [3.63, 3.8) is 0 Å². The number of anilines is 1. The number of benzene rings is 1. The monoisotopic (exact) mass is 327 g/mol. The molecule has 23 heavy (non-hydrogen) atoms. The highest BCUT2D eigenvalue weighted by molar-refractivity contribution is 7.98. The van der Waals surface area contributed by atoms with Crippen LogP contribution in [0.5, 0.6) is 0 Å². The third-order valence-electron chi connectivity index (χ3n) is 4.12. The Morgan fingerprint density at radius 3 is 2.48 bits per heavy atom. The van der Waals surface area contributed by atoms with Crippen LogP contribution in [-0.2, 0) is 0 Å². The van der Waals surface area contributed by atoms with Gasteiger partial charge in [-0.05, 0) is 36.9 Å². The molecule has 4 nitrogen and oxygen atoms in total. The summed E-state index contributed by atoms with van der Waals surface area (Å²) >= 11 is 1.62. The molecule has 1 fully saturated rings. The summed E-state index contributed by atoms with van der Waals surface area (Å²) in [4.78, 5) is 22.4. The quantitative estimate of drug-likeness (QED) is 0.812. The minimum atomic E-state index is 0.131. The van der Waals surface area contributed by atoms with Crippen LogP contribution >= 0.6 is 11.8 Å². The maximum absolute atomic E-state index is 12.7. The van der Waals surface area contributed by atoms with Gasteiger partial charge in [0.2, 0.25) is 0 Å². The number of hydrogen-bond donors (Lipinski definition) is 0. The first-order chi connectivity index (χ1) is 11.2. The summed E-state index contributed by atoms with van der Waals surface area (Å²) in [5, 5.41) is 0. The highest BCUT2D eigenvalue weighted by atomic mass is 32.2. The molecule has 2 aromatic rings. The van der Waals surface area contributed by atoms with Gasteiger partial charge in [-0.2, -0.15) is 0 Å². The summed E-state index contributed by atoms with van der Waals surface area (Å²) in [7, 11) is 0. The summed E-state index contributed by atoms with van der Waals surface area (Å²) in [5.41, 5.74) is 1.97. The molecular weight excluding hydrogens is 306 g/mol. The molecule has 1 aliphatic heterocycles. The van der Waals surface area contributed by atoms with Gasteiger partial charge in [0.05, 0.1) is 5.56 Å². The van der Waals surface area contributed by atoms with Crippen LogP contribution in [0, 0.1) is 6.92 Å². The van der Waals surface area contributed by atoms with Crippen LogP contribution < -0.4 is 4.90 Å². The van der Waals surface area contributed by atoms with Crippen molar-refractivity contribution >= 4 is 23.5 Å². The fraction of sp³-hybridized carbons (Fsp3) is 0.333. The summed E-state index contributed by atoms with van der Waals surface area (Å²) in [6.45, 7) is 5.15. The maximum atomic E-state index is 12.7. The van der Waals surface area contributed by atoms with E-state index >= 15 is 0 Å². The van der Waals surface area contributed by atoms with Crippen LogP contribution in [0.4, 0.5) is 5.82 Å². The van der Waals surface area contributed by atoms with E-state index in [-0.39, 0.29) is 5.91 Å². The molecule has 0 bridgehead atoms. The molecule has 0 spiro atoms. The largest absolute Gasteiger partial charge is 0.353 e. The number of carbonyl (C=O) groups excluding carboxylic acids is 1. The topological polar surface area (TPSA) is 36.4 Å². The molecule has 0 saturated carbocycles. The minimum Gasteiger partial charge on any atom is -0.353 e. The van der Waals surface area contributed by atoms with Gasteiger partial charge in [0.1, 0.15) is 5.82 Å². The lowest BCUT2D eigenvalue weighted by atomic mass is 10.1. The molecule has 0 radical (unpaired) electrons. The molecule has 1 saturated heterocycles. The van der Waals surface area contributed by atoms with Gasteiger partial charge >= 0.3 is 0 Å². The van der Waals surface area contributed by atoms with Gasteiger partial charge in [-0.15, -0.1) is 11.8 Å². The van der Waals surface area contributed by atoms with E-state index in [0.717, 1.165) is 48.0 Å². The van der Waals surface area contributed by atoms with E-state index in [1.807, 2.05) is 48.5 Å². The lowest BCUT2D eigenvalue weighted by Gasteiger charge is -2.35. The maximum Gasteiger partial charge on any atom is 0.255 e. The van der Waals surface area contributed by atoms with Crippen molar-refractivity contribution in [2.24, 2.45) is 0 Å². The highest BCUT2D eigenvalue weighted by Gasteiger charge is 2.24. The van der Waals surface area contributed by atoms with Gasteiger partial charge in [-0.1, -0.05) is 18.2 Å². The van der Waals surface area contributed by atoms with E-state index in [9.17, 15) is 4.79 Å². The van der Waals surface area contributed by atoms with Crippen molar-refractivity contribution in [2.45, 2.75) is 11.8 Å². The van der Waals surface area contributed by atoms with Gasteiger partial charge in [0.15, 0.2) is 0 Å². The van der Waals surface area contributed by atoms with E-state index in [0.29, 0.717) is 0 Å². The standard InChI is InChI=1S/C18H21N3OS/c1-14-7-8-17(19-13-14)20-9-11-21(12-10-20)18(22)15-5-3-4-6-16(15)23-2/h3-8,13H,9-12H2,1-2H3. The number of carbonyl (C=O) groups is 1. The Labute approximate surface area is 141 Å². The average molecular weight is 327 g/mol. The van der Waals surface area contributed by atoms with Crippen molar-refractivity contribution in [2.75, 3.05) is 37.3 Å². The van der Waals surface area contributed by atoms with Gasteiger partial charge < -0.3 is 9.80 Å². The molecule has 3 rings (SSSR count). The van der Waals surface area contributed by atoms with E-state index in [1.54, 1.807) is 11.8 Å². The highest BCUT2D eigenvalue weighted by Crippen LogP contribution is 2.22. The van der Waals surface area contributed by atoms with Gasteiger partial charge in [0, 0.05) is 37.3 Å². The van der Waals surface area contributed by atoms with Gasteiger partial charge in [0.25, 0.3) is 5.91 Å². The Kier molecular flexibility index (Phi) is 4.86. The van der Waals surface area contributed by atoms with Crippen LogP contribution in [0.1, 0.15) is 15.9 Å². The van der Waals surface area contributed by atoms with Crippen LogP contribution in [0.15, 0.2) is 47.5 Å². The van der Waals surface area contributed by atoms with Crippen molar-refractivity contribution in [3.05, 3.63) is 53.7 Å². The fourth-order valence-electron chi connectivity index (χ4n) is 2.78. The number of aryl methyl sites for hydroxylation is 1. The number of hydrogen-bond acceptors (Lipinski definition) is 4. The van der Waals surface area contributed by atoms with Crippen LogP contribution in [0.3, 0.4) is 0 Å². The normalized spacial score (nSPS) is 14.9. The second-order valence-corrected chi connectivity index (χ2v) is 6.52. The van der Waals surface area contributed by atoms with E-state index in [2.05, 4.69) is 22.0 Å². The van der Waals surface area contributed by atoms with E-state index < -0.39 is 0 Å². The number of nitrogens with zero attached hydrogens (tertiary/aromatic N) is 3. The zero-order valence-corrected chi connectivity index (χ0v) is 14.3. The van der Waals surface area contributed by atoms with Gasteiger partial charge in [-0.25, -0.2) is 4.98 Å². The molecule has 0 aliphatic carbocycles. The lowest BCUT2D eigenvalue weighted by Crippen LogP contribution is -2.49. The molecule has 1 amide bonds. The molecule has 0 N–H and O–H groups in total. The SMILES string of the molecule is CSc1ccccc1C(=O)N1CCN(c2ccc(C)cn2)CC1. The molecule has 1 aliphatic rings. The summed E-state index contributed by atoms with van der Waals surface area (Å²) in [6, 6.07) is 12.0. The van der Waals surface area contributed by atoms with Crippen molar-refractivity contribution in [1.82, 2.24) is 9.88 Å². The Balaban J connectivity index is 1.66. The second kappa shape index (κ2) is 7.04. The molecule has 0 atom stereocenters. The first-order valence-electron chi connectivity index (χ1n) is 7.79. The Morgan fingerprint density at radius 1 is 1.09 bits per heavy atom. The third kappa shape index (κ3) is 3.50. The van der Waals surface area contributed by atoms with E-state index in [1.165, 1.54) is 0 Å². The number of piperazine rings is 1. The Hall–Kier alpha value is -2.01. The third-order valence-corrected chi connectivity index (χ3v) is 4.92. The molecule has 5 heteroatoms. The van der Waals surface area contributed by atoms with Crippen molar-refractivity contribution < 1.29 is 4.79 Å². The van der Waals surface area contributed by atoms with Crippen molar-refractivity contribution in [3.8, 4) is 0 Å². The van der Waals surface area contributed by atoms with Crippen LogP contribution in [0.25, 0.3) is 0 Å². The fourth-order valence-corrected chi connectivity index (χ4v) is 3.37. The smallest absolute Gasteiger partial charge is 0.255 e. The average Bonchev–Trinajstić information content (AvgIpc) is 2.62. The molecule has 0 unspecified atom stereocenters. The van der Waals surface area contributed by atoms with E-state index in [4.69, 9.17) is 0 Å². The lowest BCUT2D eigenvalue weighted by molar-refractivity contribution is 0.0743. The Morgan fingerprint density at radius 2 is 1.83 bits per heavy atom. The predicted octanol–water partition coefficient (Wildman–Crippen LogP) is 3.07. The summed E-state index contributed by atoms with van der Waals surface area (Å²) in [5.74, 6) is 1.12. The van der Waals surface area contributed by atoms with Crippen molar-refractivity contribution in [1.29, 1.82) is 0 Å². The zero-order chi connectivity index (χ0) is 16.2. The molecule has 1 aromatic heterocycles. The first-order valence-corrected chi connectivity index (χ1v) is 9.01. The van der Waals surface area contributed by atoms with Crippen LogP contribution in [-0.4, -0.2) is 48.2 Å². The second-order valence-electron chi connectivity index (χ2n) is 5.67. The minimum absolute atomic E-state index is 0.131. The predicted molar refractivity (Wildman–Crippen MR) is 95.3 cm³/mol. The molecular formula is C18H21N3OS. The van der Waals surface area contributed by atoms with Gasteiger partial charge in [-0.3, -0.25) is 4.79 Å². The zero-order valence-electron chi connectivity index (χ0n) is 13.5. The Bertz CT molecular complexity index is 679. The number of aromatic nitrogens is 1. The molecule has 1 aromatic carbocycles. The summed E-state index contributed by atoms with van der Waals surface area (Å²) < 4.78 is 0. The molecule has 2 heterocycles.